The Morgan fingerprint density at radius 1 is 1.17 bits per heavy atom. The Balaban J connectivity index is 2.53. The van der Waals surface area contributed by atoms with Gasteiger partial charge >= 0.3 is 0 Å². The van der Waals surface area contributed by atoms with E-state index < -0.39 is 5.41 Å². The SMILES string of the molecule is COc1ccccc1CCN(CCNC(=O)C(C)(C)C)C(C)=O. The average Bonchev–Trinajstić information content (AvgIpc) is 2.49. The van der Waals surface area contributed by atoms with Crippen molar-refractivity contribution in [1.82, 2.24) is 10.2 Å². The van der Waals surface area contributed by atoms with Crippen LogP contribution in [0.25, 0.3) is 0 Å². The summed E-state index contributed by atoms with van der Waals surface area (Å²) in [4.78, 5) is 25.4. The number of benzene rings is 1. The van der Waals surface area contributed by atoms with Gasteiger partial charge in [0, 0.05) is 32.0 Å². The van der Waals surface area contributed by atoms with Gasteiger partial charge in [0.15, 0.2) is 0 Å². The van der Waals surface area contributed by atoms with Crippen LogP contribution in [0.1, 0.15) is 33.3 Å². The lowest BCUT2D eigenvalue weighted by molar-refractivity contribution is -0.131. The van der Waals surface area contributed by atoms with Crippen LogP contribution in [-0.2, 0) is 16.0 Å². The first-order valence-corrected chi connectivity index (χ1v) is 7.91. The standard InChI is InChI=1S/C18H28N2O3/c1-14(21)20(13-11-19-17(22)18(2,3)4)12-10-15-8-6-7-9-16(15)23-5/h6-9H,10-13H2,1-5H3,(H,19,22). The number of rotatable bonds is 7. The summed E-state index contributed by atoms with van der Waals surface area (Å²) in [7, 11) is 1.64. The van der Waals surface area contributed by atoms with Gasteiger partial charge in [0.25, 0.3) is 0 Å². The van der Waals surface area contributed by atoms with E-state index in [2.05, 4.69) is 5.32 Å². The third-order valence-electron chi connectivity index (χ3n) is 3.64. The number of nitrogens with one attached hydrogen (secondary N) is 1. The Kier molecular flexibility index (Phi) is 7.07. The molecule has 0 unspecified atom stereocenters. The largest absolute Gasteiger partial charge is 0.496 e. The van der Waals surface area contributed by atoms with Crippen molar-refractivity contribution in [2.24, 2.45) is 5.41 Å². The van der Waals surface area contributed by atoms with Crippen molar-refractivity contribution in [3.63, 3.8) is 0 Å². The molecule has 0 heterocycles. The lowest BCUT2D eigenvalue weighted by Crippen LogP contribution is -2.41. The van der Waals surface area contributed by atoms with Gasteiger partial charge in [0.1, 0.15) is 5.75 Å². The molecule has 0 saturated heterocycles. The summed E-state index contributed by atoms with van der Waals surface area (Å²) in [5.74, 6) is 0.827. The van der Waals surface area contributed by atoms with E-state index in [0.29, 0.717) is 19.6 Å². The van der Waals surface area contributed by atoms with Gasteiger partial charge in [0.05, 0.1) is 7.11 Å². The molecule has 1 aromatic carbocycles. The molecule has 0 aliphatic carbocycles. The molecule has 0 atom stereocenters. The Morgan fingerprint density at radius 2 is 1.83 bits per heavy atom. The maximum atomic E-state index is 11.8. The smallest absolute Gasteiger partial charge is 0.225 e. The lowest BCUT2D eigenvalue weighted by atomic mass is 9.96. The molecule has 128 valence electrons. The van der Waals surface area contributed by atoms with E-state index >= 15 is 0 Å². The quantitative estimate of drug-likeness (QED) is 0.838. The molecule has 23 heavy (non-hydrogen) atoms. The number of hydrogen-bond acceptors (Lipinski definition) is 3. The zero-order valence-electron chi connectivity index (χ0n) is 14.8. The van der Waals surface area contributed by atoms with Crippen molar-refractivity contribution in [2.75, 3.05) is 26.7 Å². The molecule has 0 aliphatic heterocycles. The van der Waals surface area contributed by atoms with Crippen LogP contribution < -0.4 is 10.1 Å². The summed E-state index contributed by atoms with van der Waals surface area (Å²) >= 11 is 0. The predicted octanol–water partition coefficient (Wildman–Crippen LogP) is 2.25. The number of methoxy groups -OCH3 is 1. The van der Waals surface area contributed by atoms with Gasteiger partial charge in [-0.1, -0.05) is 39.0 Å². The molecule has 1 aromatic rings. The highest BCUT2D eigenvalue weighted by molar-refractivity contribution is 5.81. The van der Waals surface area contributed by atoms with Crippen molar-refractivity contribution in [3.05, 3.63) is 29.8 Å². The van der Waals surface area contributed by atoms with Gasteiger partial charge in [0.2, 0.25) is 11.8 Å². The fourth-order valence-electron chi connectivity index (χ4n) is 2.16. The van der Waals surface area contributed by atoms with E-state index in [1.807, 2.05) is 45.0 Å². The zero-order valence-corrected chi connectivity index (χ0v) is 14.8. The number of nitrogens with zero attached hydrogens (tertiary/aromatic N) is 1. The van der Waals surface area contributed by atoms with E-state index in [1.165, 1.54) is 0 Å². The molecule has 1 N–H and O–H groups in total. The Labute approximate surface area is 139 Å². The summed E-state index contributed by atoms with van der Waals surface area (Å²) in [6, 6.07) is 7.79. The van der Waals surface area contributed by atoms with Crippen molar-refractivity contribution >= 4 is 11.8 Å². The first kappa shape index (κ1) is 19.0. The fourth-order valence-corrected chi connectivity index (χ4v) is 2.16. The normalized spacial score (nSPS) is 11.0. The number of carbonyl (C=O) groups is 2. The maximum absolute atomic E-state index is 11.8. The van der Waals surface area contributed by atoms with Gasteiger partial charge < -0.3 is 15.0 Å². The molecule has 1 rings (SSSR count). The number of ether oxygens (including phenoxy) is 1. The van der Waals surface area contributed by atoms with Crippen molar-refractivity contribution in [1.29, 1.82) is 0 Å². The minimum absolute atomic E-state index is 0.00454. The molecule has 0 aliphatic rings. The molecular weight excluding hydrogens is 292 g/mol. The number of carbonyl (C=O) groups excluding carboxylic acids is 2. The monoisotopic (exact) mass is 320 g/mol. The molecule has 0 fully saturated rings. The third-order valence-corrected chi connectivity index (χ3v) is 3.64. The first-order chi connectivity index (χ1) is 10.8. The van der Waals surface area contributed by atoms with E-state index in [-0.39, 0.29) is 11.8 Å². The molecule has 2 amide bonds. The second kappa shape index (κ2) is 8.56. The Morgan fingerprint density at radius 3 is 2.39 bits per heavy atom. The number of amides is 2. The highest BCUT2D eigenvalue weighted by Gasteiger charge is 2.20. The molecule has 5 nitrogen and oxygen atoms in total. The van der Waals surface area contributed by atoms with Gasteiger partial charge in [-0.2, -0.15) is 0 Å². The summed E-state index contributed by atoms with van der Waals surface area (Å²) < 4.78 is 5.33. The average molecular weight is 320 g/mol. The summed E-state index contributed by atoms with van der Waals surface area (Å²) in [6.45, 7) is 8.72. The summed E-state index contributed by atoms with van der Waals surface area (Å²) in [5.41, 5.74) is 0.651. The van der Waals surface area contributed by atoms with Gasteiger partial charge in [-0.15, -0.1) is 0 Å². The van der Waals surface area contributed by atoms with E-state index in [9.17, 15) is 9.59 Å². The molecule has 0 spiro atoms. The van der Waals surface area contributed by atoms with E-state index in [1.54, 1.807) is 18.9 Å². The minimum Gasteiger partial charge on any atom is -0.496 e. The van der Waals surface area contributed by atoms with Crippen molar-refractivity contribution in [2.45, 2.75) is 34.1 Å². The van der Waals surface area contributed by atoms with Crippen molar-refractivity contribution in [3.8, 4) is 5.75 Å². The van der Waals surface area contributed by atoms with E-state index in [0.717, 1.165) is 17.7 Å². The van der Waals surface area contributed by atoms with Crippen LogP contribution in [0.15, 0.2) is 24.3 Å². The van der Waals surface area contributed by atoms with Crippen LogP contribution in [0.2, 0.25) is 0 Å². The summed E-state index contributed by atoms with van der Waals surface area (Å²) in [5, 5.41) is 2.87. The lowest BCUT2D eigenvalue weighted by Gasteiger charge is -2.23. The Hall–Kier alpha value is -2.04. The van der Waals surface area contributed by atoms with Crippen LogP contribution in [0, 0.1) is 5.41 Å². The molecule has 5 heteroatoms. The third kappa shape index (κ3) is 6.30. The van der Waals surface area contributed by atoms with E-state index in [4.69, 9.17) is 4.74 Å². The predicted molar refractivity (Wildman–Crippen MR) is 91.4 cm³/mol. The van der Waals surface area contributed by atoms with Crippen LogP contribution in [-0.4, -0.2) is 43.5 Å². The first-order valence-electron chi connectivity index (χ1n) is 7.91. The maximum Gasteiger partial charge on any atom is 0.225 e. The minimum atomic E-state index is -0.418. The molecule has 0 radical (unpaired) electrons. The highest BCUT2D eigenvalue weighted by Crippen LogP contribution is 2.18. The van der Waals surface area contributed by atoms with Crippen LogP contribution in [0.4, 0.5) is 0 Å². The number of para-hydroxylation sites is 1. The van der Waals surface area contributed by atoms with Gasteiger partial charge in [-0.05, 0) is 18.1 Å². The van der Waals surface area contributed by atoms with Crippen molar-refractivity contribution < 1.29 is 14.3 Å². The molecule has 0 saturated carbocycles. The van der Waals surface area contributed by atoms with Crippen LogP contribution >= 0.6 is 0 Å². The van der Waals surface area contributed by atoms with Crippen LogP contribution in [0.3, 0.4) is 0 Å². The Bertz CT molecular complexity index is 535. The molecule has 0 aromatic heterocycles. The van der Waals surface area contributed by atoms with Gasteiger partial charge in [-0.3, -0.25) is 9.59 Å². The second-order valence-corrected chi connectivity index (χ2v) is 6.57. The fraction of sp³-hybridized carbons (Fsp3) is 0.556. The summed E-state index contributed by atoms with van der Waals surface area (Å²) in [6.07, 6.45) is 0.719. The highest BCUT2D eigenvalue weighted by atomic mass is 16.5. The number of hydrogen-bond donors (Lipinski definition) is 1. The topological polar surface area (TPSA) is 58.6 Å². The zero-order chi connectivity index (χ0) is 17.5. The molecular formula is C18H28N2O3. The van der Waals surface area contributed by atoms with Crippen LogP contribution in [0.5, 0.6) is 5.75 Å². The molecule has 0 bridgehead atoms. The second-order valence-electron chi connectivity index (χ2n) is 6.57. The van der Waals surface area contributed by atoms with Gasteiger partial charge in [-0.25, -0.2) is 0 Å².